The molecule has 2 N–H and O–H groups in total. The maximum Gasteiger partial charge on any atom is 0.0459 e. The monoisotopic (exact) mass is 311 g/mol. The van der Waals surface area contributed by atoms with Crippen LogP contribution in [0.2, 0.25) is 0 Å². The van der Waals surface area contributed by atoms with Gasteiger partial charge < -0.3 is 15.2 Å². The van der Waals surface area contributed by atoms with Crippen molar-refractivity contribution in [2.45, 2.75) is 51.5 Å². The Bertz CT molecular complexity index is 690. The van der Waals surface area contributed by atoms with Gasteiger partial charge in [-0.2, -0.15) is 0 Å². The quantitative estimate of drug-likeness (QED) is 0.852. The molecule has 1 saturated carbocycles. The first-order valence-corrected chi connectivity index (χ1v) is 9.31. The third kappa shape index (κ3) is 2.81. The van der Waals surface area contributed by atoms with Crippen LogP contribution in [0.5, 0.6) is 0 Å². The van der Waals surface area contributed by atoms with E-state index in [1.165, 1.54) is 73.0 Å². The topological polar surface area (TPSA) is 31.1 Å². The number of nitrogens with one attached hydrogen (secondary N) is 2. The Hall–Kier alpha value is -1.32. The summed E-state index contributed by atoms with van der Waals surface area (Å²) >= 11 is 0. The summed E-state index contributed by atoms with van der Waals surface area (Å²) < 4.78 is 0. The summed E-state index contributed by atoms with van der Waals surface area (Å²) in [4.78, 5) is 6.16. The highest BCUT2D eigenvalue weighted by Gasteiger charge is 2.43. The van der Waals surface area contributed by atoms with Crippen LogP contribution in [0.4, 0.5) is 0 Å². The molecule has 0 radical (unpaired) electrons. The Morgan fingerprint density at radius 2 is 2.00 bits per heavy atom. The number of nitrogens with zero attached hydrogens (tertiary/aromatic N) is 1. The Morgan fingerprint density at radius 1 is 1.22 bits per heavy atom. The molecule has 124 valence electrons. The van der Waals surface area contributed by atoms with E-state index in [1.807, 2.05) is 0 Å². The number of aryl methyl sites for hydroxylation is 2. The van der Waals surface area contributed by atoms with E-state index >= 15 is 0 Å². The second kappa shape index (κ2) is 5.95. The zero-order chi connectivity index (χ0) is 15.9. The third-order valence-corrected chi connectivity index (χ3v) is 5.91. The molecule has 1 saturated heterocycles. The van der Waals surface area contributed by atoms with Crippen molar-refractivity contribution in [3.63, 3.8) is 0 Å². The van der Waals surface area contributed by atoms with Crippen LogP contribution in [0.3, 0.4) is 0 Å². The number of rotatable bonds is 6. The molecule has 2 heterocycles. The molecule has 2 aromatic rings. The molecule has 0 bridgehead atoms. The zero-order valence-corrected chi connectivity index (χ0v) is 14.5. The number of hydrogen-bond acceptors (Lipinski definition) is 2. The molecule has 0 unspecified atom stereocenters. The molecule has 0 atom stereocenters. The Kier molecular flexibility index (Phi) is 3.94. The van der Waals surface area contributed by atoms with Gasteiger partial charge in [0.1, 0.15) is 0 Å². The Balaban J connectivity index is 1.49. The van der Waals surface area contributed by atoms with Gasteiger partial charge in [-0.3, -0.25) is 0 Å². The van der Waals surface area contributed by atoms with Gasteiger partial charge in [-0.25, -0.2) is 0 Å². The van der Waals surface area contributed by atoms with E-state index in [0.29, 0.717) is 0 Å². The van der Waals surface area contributed by atoms with Crippen molar-refractivity contribution in [3.05, 3.63) is 35.0 Å². The van der Waals surface area contributed by atoms with E-state index in [4.69, 9.17) is 0 Å². The lowest BCUT2D eigenvalue weighted by atomic mass is 10.0. The smallest absolute Gasteiger partial charge is 0.0459 e. The van der Waals surface area contributed by atoms with E-state index in [2.05, 4.69) is 47.2 Å². The Morgan fingerprint density at radius 3 is 2.70 bits per heavy atom. The summed E-state index contributed by atoms with van der Waals surface area (Å²) in [5.41, 5.74) is 5.83. The Labute approximate surface area is 139 Å². The number of aromatic nitrogens is 1. The fourth-order valence-corrected chi connectivity index (χ4v) is 4.19. The molecule has 2 fully saturated rings. The fraction of sp³-hybridized carbons (Fsp3) is 0.600. The first kappa shape index (κ1) is 15.2. The first-order valence-electron chi connectivity index (χ1n) is 9.31. The van der Waals surface area contributed by atoms with Gasteiger partial charge in [0.05, 0.1) is 0 Å². The van der Waals surface area contributed by atoms with Crippen molar-refractivity contribution in [3.8, 4) is 0 Å². The molecule has 0 amide bonds. The summed E-state index contributed by atoms with van der Waals surface area (Å²) in [5, 5.41) is 5.28. The van der Waals surface area contributed by atoms with Crippen LogP contribution in [0.25, 0.3) is 10.9 Å². The molecule has 1 aromatic heterocycles. The van der Waals surface area contributed by atoms with Gasteiger partial charge >= 0.3 is 0 Å². The van der Waals surface area contributed by atoms with E-state index < -0.39 is 0 Å². The lowest BCUT2D eigenvalue weighted by Gasteiger charge is -2.21. The number of fused-ring (bicyclic) bond motifs is 1. The SMILES string of the molecule is CCc1[nH]c2ccc(C3(NCCN4CCCC4)CC3)cc2c1C. The molecule has 0 spiro atoms. The largest absolute Gasteiger partial charge is 0.358 e. The molecule has 23 heavy (non-hydrogen) atoms. The van der Waals surface area contributed by atoms with Crippen LogP contribution in [-0.2, 0) is 12.0 Å². The van der Waals surface area contributed by atoms with Gasteiger partial charge in [0, 0.05) is 35.2 Å². The van der Waals surface area contributed by atoms with Gasteiger partial charge in [-0.05, 0) is 75.4 Å². The highest BCUT2D eigenvalue weighted by atomic mass is 15.2. The molecule has 1 aromatic carbocycles. The van der Waals surface area contributed by atoms with Crippen molar-refractivity contribution in [1.29, 1.82) is 0 Å². The van der Waals surface area contributed by atoms with E-state index in [-0.39, 0.29) is 5.54 Å². The predicted molar refractivity (Wildman–Crippen MR) is 97.0 cm³/mol. The standard InChI is InChI=1S/C20H29N3/c1-3-18-15(2)17-14-16(6-7-19(17)22-18)20(8-9-20)21-10-13-23-11-4-5-12-23/h6-7,14,21-22H,3-5,8-13H2,1-2H3. The average molecular weight is 311 g/mol. The van der Waals surface area contributed by atoms with Crippen LogP contribution in [0.15, 0.2) is 18.2 Å². The number of likely N-dealkylation sites (tertiary alicyclic amines) is 1. The number of benzene rings is 1. The minimum absolute atomic E-state index is 0.254. The summed E-state index contributed by atoms with van der Waals surface area (Å²) in [7, 11) is 0. The second-order valence-electron chi connectivity index (χ2n) is 7.40. The normalized spacial score (nSPS) is 20.4. The number of aromatic amines is 1. The van der Waals surface area contributed by atoms with Crippen molar-refractivity contribution in [2.24, 2.45) is 0 Å². The molecule has 3 nitrogen and oxygen atoms in total. The lowest BCUT2D eigenvalue weighted by Crippen LogP contribution is -2.36. The fourth-order valence-electron chi connectivity index (χ4n) is 4.19. The maximum absolute atomic E-state index is 3.87. The van der Waals surface area contributed by atoms with Crippen LogP contribution in [0, 0.1) is 6.92 Å². The van der Waals surface area contributed by atoms with Crippen LogP contribution in [-0.4, -0.2) is 36.1 Å². The number of H-pyrrole nitrogens is 1. The van der Waals surface area contributed by atoms with E-state index in [1.54, 1.807) is 0 Å². The van der Waals surface area contributed by atoms with Crippen molar-refractivity contribution in [1.82, 2.24) is 15.2 Å². The molecule has 1 aliphatic heterocycles. The van der Waals surface area contributed by atoms with Gasteiger partial charge in [0.25, 0.3) is 0 Å². The minimum Gasteiger partial charge on any atom is -0.358 e. The van der Waals surface area contributed by atoms with Crippen LogP contribution < -0.4 is 5.32 Å². The molecule has 1 aliphatic carbocycles. The average Bonchev–Trinajstić information content (AvgIpc) is 3.03. The molecule has 4 rings (SSSR count). The second-order valence-corrected chi connectivity index (χ2v) is 7.40. The summed E-state index contributed by atoms with van der Waals surface area (Å²) in [6, 6.07) is 7.03. The van der Waals surface area contributed by atoms with Gasteiger partial charge in [-0.15, -0.1) is 0 Å². The van der Waals surface area contributed by atoms with Crippen molar-refractivity contribution in [2.75, 3.05) is 26.2 Å². The predicted octanol–water partition coefficient (Wildman–Crippen LogP) is 3.71. The summed E-state index contributed by atoms with van der Waals surface area (Å²) in [5.74, 6) is 0. The zero-order valence-electron chi connectivity index (χ0n) is 14.5. The molecular weight excluding hydrogens is 282 g/mol. The third-order valence-electron chi connectivity index (χ3n) is 5.91. The molecule has 2 aliphatic rings. The van der Waals surface area contributed by atoms with Crippen molar-refractivity contribution < 1.29 is 0 Å². The summed E-state index contributed by atoms with van der Waals surface area (Å²) in [6.45, 7) is 9.38. The molecular formula is C20H29N3. The first-order chi connectivity index (χ1) is 11.2. The van der Waals surface area contributed by atoms with Gasteiger partial charge in [0.15, 0.2) is 0 Å². The van der Waals surface area contributed by atoms with Crippen LogP contribution in [0.1, 0.15) is 49.4 Å². The lowest BCUT2D eigenvalue weighted by molar-refractivity contribution is 0.324. The number of hydrogen-bond donors (Lipinski definition) is 2. The minimum atomic E-state index is 0.254. The van der Waals surface area contributed by atoms with Gasteiger partial charge in [0.2, 0.25) is 0 Å². The van der Waals surface area contributed by atoms with E-state index in [9.17, 15) is 0 Å². The highest BCUT2D eigenvalue weighted by molar-refractivity contribution is 5.85. The molecule has 3 heteroatoms. The van der Waals surface area contributed by atoms with E-state index in [0.717, 1.165) is 13.0 Å². The van der Waals surface area contributed by atoms with Gasteiger partial charge in [-0.1, -0.05) is 13.0 Å². The van der Waals surface area contributed by atoms with Crippen molar-refractivity contribution >= 4 is 10.9 Å². The summed E-state index contributed by atoms with van der Waals surface area (Å²) in [6.07, 6.45) is 6.41. The maximum atomic E-state index is 3.87. The highest BCUT2D eigenvalue weighted by Crippen LogP contribution is 2.46. The van der Waals surface area contributed by atoms with Crippen LogP contribution >= 0.6 is 0 Å².